The molecule has 2 rings (SSSR count). The number of carbonyl (C=O) groups excluding carboxylic acids is 1. The lowest BCUT2D eigenvalue weighted by Crippen LogP contribution is -2.08. The molecule has 0 aliphatic rings. The van der Waals surface area contributed by atoms with E-state index in [0.717, 1.165) is 22.3 Å². The third-order valence-corrected chi connectivity index (χ3v) is 3.25. The first-order valence-electron chi connectivity index (χ1n) is 6.70. The van der Waals surface area contributed by atoms with Crippen LogP contribution in [0.4, 0.5) is 0 Å². The fraction of sp³-hybridized carbons (Fsp3) is 0.105. The second-order valence-corrected chi connectivity index (χ2v) is 4.63. The molecule has 1 heteroatoms. The third-order valence-electron chi connectivity index (χ3n) is 3.25. The normalized spacial score (nSPS) is 10.0. The highest BCUT2D eigenvalue weighted by atomic mass is 16.1. The Hall–Kier alpha value is -2.41. The summed E-state index contributed by atoms with van der Waals surface area (Å²) in [6.07, 6.45) is 5.04. The molecular formula is C19H18O. The number of hydrogen-bond acceptors (Lipinski definition) is 1. The molecule has 0 heterocycles. The van der Waals surface area contributed by atoms with Gasteiger partial charge in [-0.1, -0.05) is 60.7 Å². The van der Waals surface area contributed by atoms with Gasteiger partial charge in [-0.15, -0.1) is 13.2 Å². The molecular weight excluding hydrogens is 244 g/mol. The van der Waals surface area contributed by atoms with Gasteiger partial charge in [-0.25, -0.2) is 0 Å². The molecule has 0 atom stereocenters. The molecule has 0 bridgehead atoms. The highest BCUT2D eigenvalue weighted by molar-refractivity contribution is 6.10. The topological polar surface area (TPSA) is 17.1 Å². The van der Waals surface area contributed by atoms with Crippen molar-refractivity contribution in [3.8, 4) is 0 Å². The van der Waals surface area contributed by atoms with Gasteiger partial charge < -0.3 is 0 Å². The standard InChI is InChI=1S/C19H18O/c1-3-9-15-11-5-7-13-17(15)19(20)18-14-8-6-12-16(18)10-4-2/h3-8,11-14H,1-2,9-10H2. The van der Waals surface area contributed by atoms with Crippen molar-refractivity contribution in [1.82, 2.24) is 0 Å². The molecule has 0 aliphatic carbocycles. The number of hydrogen-bond donors (Lipinski definition) is 0. The summed E-state index contributed by atoms with van der Waals surface area (Å²) in [5.74, 6) is 0.0694. The minimum atomic E-state index is 0.0694. The van der Waals surface area contributed by atoms with E-state index in [2.05, 4.69) is 13.2 Å². The average molecular weight is 262 g/mol. The van der Waals surface area contributed by atoms with Gasteiger partial charge in [0.05, 0.1) is 0 Å². The van der Waals surface area contributed by atoms with E-state index < -0.39 is 0 Å². The Morgan fingerprint density at radius 3 is 1.60 bits per heavy atom. The van der Waals surface area contributed by atoms with Gasteiger partial charge in [-0.05, 0) is 24.0 Å². The quantitative estimate of drug-likeness (QED) is 0.558. The average Bonchev–Trinajstić information content (AvgIpc) is 2.48. The summed E-state index contributed by atoms with van der Waals surface area (Å²) in [7, 11) is 0. The van der Waals surface area contributed by atoms with Crippen molar-refractivity contribution >= 4 is 5.78 Å². The van der Waals surface area contributed by atoms with Gasteiger partial charge in [-0.3, -0.25) is 4.79 Å². The summed E-state index contributed by atoms with van der Waals surface area (Å²) >= 11 is 0. The van der Waals surface area contributed by atoms with E-state index in [0.29, 0.717) is 12.8 Å². The molecule has 100 valence electrons. The van der Waals surface area contributed by atoms with Crippen LogP contribution in [0.15, 0.2) is 73.8 Å². The van der Waals surface area contributed by atoms with Gasteiger partial charge in [-0.2, -0.15) is 0 Å². The minimum absolute atomic E-state index is 0.0694. The number of benzene rings is 2. The van der Waals surface area contributed by atoms with Crippen LogP contribution in [0, 0.1) is 0 Å². The second kappa shape index (κ2) is 6.67. The predicted octanol–water partition coefficient (Wildman–Crippen LogP) is 4.37. The Morgan fingerprint density at radius 1 is 0.800 bits per heavy atom. The zero-order valence-corrected chi connectivity index (χ0v) is 11.5. The lowest BCUT2D eigenvalue weighted by molar-refractivity contribution is 0.103. The molecule has 2 aromatic rings. The van der Waals surface area contributed by atoms with Crippen LogP contribution in [0.5, 0.6) is 0 Å². The fourth-order valence-electron chi connectivity index (χ4n) is 2.30. The van der Waals surface area contributed by atoms with Crippen LogP contribution in [-0.4, -0.2) is 5.78 Å². The van der Waals surface area contributed by atoms with Crippen molar-refractivity contribution in [3.63, 3.8) is 0 Å². The highest BCUT2D eigenvalue weighted by Gasteiger charge is 2.15. The molecule has 1 nitrogen and oxygen atoms in total. The maximum Gasteiger partial charge on any atom is 0.193 e. The van der Waals surface area contributed by atoms with E-state index in [-0.39, 0.29) is 5.78 Å². The molecule has 2 aromatic carbocycles. The van der Waals surface area contributed by atoms with Gasteiger partial charge in [0.1, 0.15) is 0 Å². The molecule has 0 aromatic heterocycles. The lowest BCUT2D eigenvalue weighted by atomic mass is 9.93. The maximum atomic E-state index is 12.8. The highest BCUT2D eigenvalue weighted by Crippen LogP contribution is 2.19. The first kappa shape index (κ1) is 14.0. The number of ketones is 1. The Balaban J connectivity index is 2.46. The van der Waals surface area contributed by atoms with Crippen molar-refractivity contribution in [2.24, 2.45) is 0 Å². The molecule has 0 aliphatic heterocycles. The second-order valence-electron chi connectivity index (χ2n) is 4.63. The van der Waals surface area contributed by atoms with Crippen LogP contribution in [0.3, 0.4) is 0 Å². The zero-order chi connectivity index (χ0) is 14.4. The summed E-state index contributed by atoms with van der Waals surface area (Å²) in [4.78, 5) is 12.8. The maximum absolute atomic E-state index is 12.8. The lowest BCUT2D eigenvalue weighted by Gasteiger charge is -2.10. The molecule has 0 unspecified atom stereocenters. The van der Waals surface area contributed by atoms with E-state index in [1.807, 2.05) is 60.7 Å². The van der Waals surface area contributed by atoms with Gasteiger partial charge in [0, 0.05) is 11.1 Å². The van der Waals surface area contributed by atoms with Crippen molar-refractivity contribution < 1.29 is 4.79 Å². The van der Waals surface area contributed by atoms with Crippen LogP contribution in [0.25, 0.3) is 0 Å². The van der Waals surface area contributed by atoms with Crippen LogP contribution >= 0.6 is 0 Å². The molecule has 0 fully saturated rings. The number of rotatable bonds is 6. The third kappa shape index (κ3) is 2.94. The Bertz CT molecular complexity index is 582. The predicted molar refractivity (Wildman–Crippen MR) is 84.1 cm³/mol. The van der Waals surface area contributed by atoms with Gasteiger partial charge in [0.2, 0.25) is 0 Å². The Labute approximate surface area is 120 Å². The SMILES string of the molecule is C=CCc1ccccc1C(=O)c1ccccc1CC=C. The Morgan fingerprint density at radius 2 is 1.20 bits per heavy atom. The minimum Gasteiger partial charge on any atom is -0.289 e. The largest absolute Gasteiger partial charge is 0.289 e. The van der Waals surface area contributed by atoms with Gasteiger partial charge in [0.15, 0.2) is 5.78 Å². The van der Waals surface area contributed by atoms with Crippen molar-refractivity contribution in [1.29, 1.82) is 0 Å². The van der Waals surface area contributed by atoms with Crippen LogP contribution in [-0.2, 0) is 12.8 Å². The smallest absolute Gasteiger partial charge is 0.193 e. The first-order valence-corrected chi connectivity index (χ1v) is 6.70. The monoisotopic (exact) mass is 262 g/mol. The summed E-state index contributed by atoms with van der Waals surface area (Å²) in [5.41, 5.74) is 3.54. The molecule has 0 radical (unpaired) electrons. The summed E-state index contributed by atoms with van der Waals surface area (Å²) in [6.45, 7) is 7.50. The summed E-state index contributed by atoms with van der Waals surface area (Å²) < 4.78 is 0. The van der Waals surface area contributed by atoms with E-state index >= 15 is 0 Å². The Kier molecular flexibility index (Phi) is 4.67. The van der Waals surface area contributed by atoms with E-state index in [1.165, 1.54) is 0 Å². The summed E-state index contributed by atoms with van der Waals surface area (Å²) in [5, 5.41) is 0. The van der Waals surface area contributed by atoms with Crippen molar-refractivity contribution in [3.05, 3.63) is 96.1 Å². The van der Waals surface area contributed by atoms with Crippen molar-refractivity contribution in [2.45, 2.75) is 12.8 Å². The summed E-state index contributed by atoms with van der Waals surface area (Å²) in [6, 6.07) is 15.4. The van der Waals surface area contributed by atoms with Crippen molar-refractivity contribution in [2.75, 3.05) is 0 Å². The fourth-order valence-corrected chi connectivity index (χ4v) is 2.30. The van der Waals surface area contributed by atoms with Gasteiger partial charge in [0.25, 0.3) is 0 Å². The van der Waals surface area contributed by atoms with Crippen LogP contribution in [0.1, 0.15) is 27.0 Å². The zero-order valence-electron chi connectivity index (χ0n) is 11.5. The van der Waals surface area contributed by atoms with Gasteiger partial charge >= 0.3 is 0 Å². The molecule has 20 heavy (non-hydrogen) atoms. The van der Waals surface area contributed by atoms with E-state index in [9.17, 15) is 4.79 Å². The molecule has 0 amide bonds. The van der Waals surface area contributed by atoms with Crippen LogP contribution < -0.4 is 0 Å². The molecule has 0 N–H and O–H groups in total. The van der Waals surface area contributed by atoms with E-state index in [1.54, 1.807) is 0 Å². The molecule has 0 saturated heterocycles. The first-order chi connectivity index (χ1) is 9.77. The number of allylic oxidation sites excluding steroid dienone is 2. The molecule has 0 spiro atoms. The molecule has 0 saturated carbocycles. The van der Waals surface area contributed by atoms with Crippen LogP contribution in [0.2, 0.25) is 0 Å². The van der Waals surface area contributed by atoms with E-state index in [4.69, 9.17) is 0 Å². The number of carbonyl (C=O) groups is 1.